The summed E-state index contributed by atoms with van der Waals surface area (Å²) in [6, 6.07) is 14.2. The molecule has 2 N–H and O–H groups in total. The average Bonchev–Trinajstić information content (AvgIpc) is 2.90. The zero-order valence-electron chi connectivity index (χ0n) is 13.9. The van der Waals surface area contributed by atoms with E-state index in [0.29, 0.717) is 10.7 Å². The molecular formula is C19H20ClN2O3+. The van der Waals surface area contributed by atoms with Gasteiger partial charge in [-0.2, -0.15) is 0 Å². The fourth-order valence-electron chi connectivity index (χ4n) is 2.94. The van der Waals surface area contributed by atoms with Crippen LogP contribution in [0.1, 0.15) is 12.0 Å². The number of imide groups is 1. The number of benzene rings is 2. The van der Waals surface area contributed by atoms with Gasteiger partial charge in [0.25, 0.3) is 5.91 Å². The molecule has 0 unspecified atom stereocenters. The number of hydrogen-bond donors (Lipinski definition) is 1. The lowest BCUT2D eigenvalue weighted by atomic mass is 10.1. The molecule has 130 valence electrons. The molecule has 2 aromatic rings. The molecule has 1 aliphatic heterocycles. The Morgan fingerprint density at radius 2 is 1.80 bits per heavy atom. The number of nitrogens with two attached hydrogens (primary N) is 1. The van der Waals surface area contributed by atoms with Gasteiger partial charge < -0.3 is 10.1 Å². The first kappa shape index (κ1) is 17.5. The summed E-state index contributed by atoms with van der Waals surface area (Å²) in [6.45, 7) is 0.741. The Labute approximate surface area is 151 Å². The van der Waals surface area contributed by atoms with E-state index in [1.165, 1.54) is 10.5 Å². The molecular weight excluding hydrogens is 340 g/mol. The normalized spacial score (nSPS) is 17.2. The van der Waals surface area contributed by atoms with E-state index < -0.39 is 0 Å². The third kappa shape index (κ3) is 4.00. The number of halogens is 1. The molecule has 25 heavy (non-hydrogen) atoms. The van der Waals surface area contributed by atoms with Gasteiger partial charge in [0, 0.05) is 11.4 Å². The summed E-state index contributed by atoms with van der Waals surface area (Å²) in [6.07, 6.45) is 1.05. The lowest BCUT2D eigenvalue weighted by molar-refractivity contribution is -0.674. The summed E-state index contributed by atoms with van der Waals surface area (Å²) in [5.41, 5.74) is 1.74. The minimum atomic E-state index is -0.360. The Morgan fingerprint density at radius 1 is 1.12 bits per heavy atom. The van der Waals surface area contributed by atoms with E-state index >= 15 is 0 Å². The number of anilines is 1. The van der Waals surface area contributed by atoms with Gasteiger partial charge in [0.05, 0.1) is 25.8 Å². The first-order valence-corrected chi connectivity index (χ1v) is 8.55. The summed E-state index contributed by atoms with van der Waals surface area (Å²) in [5.74, 6) is 0.489. The maximum atomic E-state index is 12.6. The van der Waals surface area contributed by atoms with Crippen LogP contribution in [0.4, 0.5) is 5.69 Å². The Balaban J connectivity index is 1.57. The molecule has 1 saturated heterocycles. The van der Waals surface area contributed by atoms with E-state index in [4.69, 9.17) is 16.3 Å². The van der Waals surface area contributed by atoms with Crippen LogP contribution in [0.3, 0.4) is 0 Å². The first-order chi connectivity index (χ1) is 12.1. The van der Waals surface area contributed by atoms with Crippen LogP contribution in [0.2, 0.25) is 5.02 Å². The quantitative estimate of drug-likeness (QED) is 0.800. The highest BCUT2D eigenvalue weighted by Gasteiger charge is 2.41. The maximum absolute atomic E-state index is 12.6. The zero-order valence-corrected chi connectivity index (χ0v) is 14.7. The van der Waals surface area contributed by atoms with Gasteiger partial charge >= 0.3 is 0 Å². The minimum absolute atomic E-state index is 0.165. The third-order valence-corrected chi connectivity index (χ3v) is 4.56. The molecule has 6 heteroatoms. The highest BCUT2D eigenvalue weighted by molar-refractivity contribution is 6.30. The van der Waals surface area contributed by atoms with Crippen LogP contribution in [-0.2, 0) is 16.0 Å². The standard InChI is InChI=1S/C19H19ClN2O3/c1-25-16-8-2-13(3-9-16)10-11-21-17-12-18(23)22(19(17)24)15-6-4-14(20)5-7-15/h2-9,17,21H,10-12H2,1H3/p+1/t17-/m1/s1. The highest BCUT2D eigenvalue weighted by atomic mass is 35.5. The molecule has 5 nitrogen and oxygen atoms in total. The Kier molecular flexibility index (Phi) is 5.36. The number of amides is 2. The Morgan fingerprint density at radius 3 is 2.44 bits per heavy atom. The Bertz CT molecular complexity index is 759. The zero-order chi connectivity index (χ0) is 17.8. The predicted octanol–water partition coefficient (Wildman–Crippen LogP) is 1.79. The van der Waals surface area contributed by atoms with Gasteiger partial charge in [0.1, 0.15) is 5.75 Å². The minimum Gasteiger partial charge on any atom is -0.497 e. The largest absolute Gasteiger partial charge is 0.497 e. The molecule has 2 amide bonds. The van der Waals surface area contributed by atoms with Gasteiger partial charge in [-0.05, 0) is 42.0 Å². The fourth-order valence-corrected chi connectivity index (χ4v) is 3.07. The Hall–Kier alpha value is -2.37. The fraction of sp³-hybridized carbons (Fsp3) is 0.263. The van der Waals surface area contributed by atoms with Gasteiger partial charge in [-0.25, -0.2) is 4.90 Å². The molecule has 1 heterocycles. The lowest BCUT2D eigenvalue weighted by Gasteiger charge is -2.14. The highest BCUT2D eigenvalue weighted by Crippen LogP contribution is 2.23. The molecule has 0 radical (unpaired) electrons. The SMILES string of the molecule is COc1ccc(CC[NH2+][C@@H]2CC(=O)N(c3ccc(Cl)cc3)C2=O)cc1. The molecule has 0 bridgehead atoms. The van der Waals surface area contributed by atoms with Gasteiger partial charge in [-0.3, -0.25) is 9.59 Å². The number of methoxy groups -OCH3 is 1. The van der Waals surface area contributed by atoms with Crippen LogP contribution in [0.5, 0.6) is 5.75 Å². The second-order valence-corrected chi connectivity index (χ2v) is 6.41. The molecule has 1 atom stereocenters. The second-order valence-electron chi connectivity index (χ2n) is 5.98. The van der Waals surface area contributed by atoms with Crippen molar-refractivity contribution < 1.29 is 19.6 Å². The van der Waals surface area contributed by atoms with Crippen molar-refractivity contribution in [3.05, 3.63) is 59.1 Å². The number of rotatable bonds is 6. The number of carbonyl (C=O) groups is 2. The maximum Gasteiger partial charge on any atom is 0.292 e. The van der Waals surface area contributed by atoms with Crippen molar-refractivity contribution in [2.45, 2.75) is 18.9 Å². The topological polar surface area (TPSA) is 63.2 Å². The van der Waals surface area contributed by atoms with Crippen molar-refractivity contribution in [1.29, 1.82) is 0 Å². The number of hydrogen-bond acceptors (Lipinski definition) is 3. The van der Waals surface area contributed by atoms with Crippen molar-refractivity contribution in [2.24, 2.45) is 0 Å². The third-order valence-electron chi connectivity index (χ3n) is 4.31. The number of ether oxygens (including phenoxy) is 1. The summed E-state index contributed by atoms with van der Waals surface area (Å²) in [5, 5.41) is 2.52. The van der Waals surface area contributed by atoms with Crippen LogP contribution in [-0.4, -0.2) is 31.5 Å². The average molecular weight is 360 g/mol. The molecule has 0 saturated carbocycles. The van der Waals surface area contributed by atoms with Crippen LogP contribution in [0.25, 0.3) is 0 Å². The van der Waals surface area contributed by atoms with E-state index in [1.807, 2.05) is 29.6 Å². The van der Waals surface area contributed by atoms with E-state index in [1.54, 1.807) is 31.4 Å². The van der Waals surface area contributed by atoms with Gasteiger partial charge in [-0.1, -0.05) is 23.7 Å². The predicted molar refractivity (Wildman–Crippen MR) is 95.8 cm³/mol. The van der Waals surface area contributed by atoms with Crippen LogP contribution in [0, 0.1) is 0 Å². The summed E-state index contributed by atoms with van der Waals surface area (Å²) >= 11 is 5.86. The van der Waals surface area contributed by atoms with E-state index in [2.05, 4.69) is 0 Å². The van der Waals surface area contributed by atoms with E-state index in [0.717, 1.165) is 18.7 Å². The van der Waals surface area contributed by atoms with E-state index in [-0.39, 0.29) is 24.3 Å². The van der Waals surface area contributed by atoms with Crippen LogP contribution >= 0.6 is 11.6 Å². The van der Waals surface area contributed by atoms with Gasteiger partial charge in [0.15, 0.2) is 6.04 Å². The number of nitrogens with zero attached hydrogens (tertiary/aromatic N) is 1. The summed E-state index contributed by atoms with van der Waals surface area (Å²) < 4.78 is 5.14. The van der Waals surface area contributed by atoms with E-state index in [9.17, 15) is 9.59 Å². The van der Waals surface area contributed by atoms with Gasteiger partial charge in [0.2, 0.25) is 5.91 Å². The monoisotopic (exact) mass is 359 g/mol. The van der Waals surface area contributed by atoms with Crippen molar-refractivity contribution in [3.8, 4) is 5.75 Å². The smallest absolute Gasteiger partial charge is 0.292 e. The van der Waals surface area contributed by atoms with Crippen LogP contribution < -0.4 is 15.0 Å². The molecule has 0 aliphatic carbocycles. The number of quaternary nitrogens is 1. The molecule has 2 aromatic carbocycles. The molecule has 0 spiro atoms. The molecule has 1 aliphatic rings. The molecule has 0 aromatic heterocycles. The lowest BCUT2D eigenvalue weighted by Crippen LogP contribution is -2.92. The van der Waals surface area contributed by atoms with Crippen molar-refractivity contribution in [3.63, 3.8) is 0 Å². The molecule has 3 rings (SSSR count). The second kappa shape index (κ2) is 7.68. The van der Waals surface area contributed by atoms with Crippen molar-refractivity contribution in [1.82, 2.24) is 0 Å². The number of carbonyl (C=O) groups excluding carboxylic acids is 2. The summed E-state index contributed by atoms with van der Waals surface area (Å²) in [4.78, 5) is 26.0. The van der Waals surface area contributed by atoms with Gasteiger partial charge in [-0.15, -0.1) is 0 Å². The van der Waals surface area contributed by atoms with Crippen molar-refractivity contribution >= 4 is 29.1 Å². The molecule has 1 fully saturated rings. The van der Waals surface area contributed by atoms with Crippen molar-refractivity contribution in [2.75, 3.05) is 18.6 Å². The van der Waals surface area contributed by atoms with Crippen LogP contribution in [0.15, 0.2) is 48.5 Å². The first-order valence-electron chi connectivity index (χ1n) is 8.17. The summed E-state index contributed by atoms with van der Waals surface area (Å²) in [7, 11) is 1.64.